The predicted octanol–water partition coefficient (Wildman–Crippen LogP) is 3.12. The summed E-state index contributed by atoms with van der Waals surface area (Å²) in [6, 6.07) is 6.00. The number of carbonyl (C=O) groups excluding carboxylic acids is 1. The highest BCUT2D eigenvalue weighted by molar-refractivity contribution is 7.98. The molecule has 1 aromatic rings. The van der Waals surface area contributed by atoms with Gasteiger partial charge in [0, 0.05) is 24.8 Å². The lowest BCUT2D eigenvalue weighted by Gasteiger charge is -2.10. The van der Waals surface area contributed by atoms with E-state index < -0.39 is 0 Å². The molecule has 0 aromatic heterocycles. The van der Waals surface area contributed by atoms with Gasteiger partial charge in [0.15, 0.2) is 0 Å². The van der Waals surface area contributed by atoms with Gasteiger partial charge in [-0.2, -0.15) is 11.8 Å². The van der Waals surface area contributed by atoms with Gasteiger partial charge in [0.25, 0.3) is 0 Å². The Morgan fingerprint density at radius 3 is 2.76 bits per heavy atom. The van der Waals surface area contributed by atoms with Crippen molar-refractivity contribution in [1.82, 2.24) is 0 Å². The topological polar surface area (TPSA) is 41.1 Å². The van der Waals surface area contributed by atoms with E-state index >= 15 is 0 Å². The number of benzene rings is 1. The Morgan fingerprint density at radius 2 is 2.18 bits per heavy atom. The van der Waals surface area contributed by atoms with Crippen LogP contribution >= 0.6 is 11.8 Å². The normalized spacial score (nSPS) is 10.1. The first-order valence-electron chi connectivity index (χ1n) is 5.74. The van der Waals surface area contributed by atoms with Gasteiger partial charge in [-0.25, -0.2) is 0 Å². The third kappa shape index (κ3) is 5.13. The predicted molar refractivity (Wildman–Crippen MR) is 77.0 cm³/mol. The summed E-state index contributed by atoms with van der Waals surface area (Å²) in [5, 5.41) is 6.18. The van der Waals surface area contributed by atoms with E-state index in [9.17, 15) is 4.79 Å². The number of hydrogen-bond acceptors (Lipinski definition) is 3. The summed E-state index contributed by atoms with van der Waals surface area (Å²) in [5.74, 6) is 1.14. The van der Waals surface area contributed by atoms with Crippen LogP contribution in [0.5, 0.6) is 0 Å². The summed E-state index contributed by atoms with van der Waals surface area (Å²) in [6.07, 6.45) is 3.28. The van der Waals surface area contributed by atoms with Gasteiger partial charge < -0.3 is 10.6 Å². The van der Waals surface area contributed by atoms with Crippen LogP contribution in [0.15, 0.2) is 18.2 Å². The summed E-state index contributed by atoms with van der Waals surface area (Å²) in [6.45, 7) is 4.51. The molecule has 0 aliphatic rings. The molecule has 2 N–H and O–H groups in total. The van der Waals surface area contributed by atoms with E-state index in [1.165, 1.54) is 12.7 Å². The molecule has 1 aromatic carbocycles. The fraction of sp³-hybridized carbons (Fsp3) is 0.462. The molecule has 0 aliphatic carbocycles. The summed E-state index contributed by atoms with van der Waals surface area (Å²) in [7, 11) is 0. The number of amides is 1. The van der Waals surface area contributed by atoms with E-state index in [1.807, 2.05) is 30.8 Å². The highest BCUT2D eigenvalue weighted by atomic mass is 32.2. The lowest BCUT2D eigenvalue weighted by atomic mass is 10.1. The molecule has 4 heteroatoms. The van der Waals surface area contributed by atoms with E-state index in [1.54, 1.807) is 0 Å². The van der Waals surface area contributed by atoms with Gasteiger partial charge in [0.1, 0.15) is 0 Å². The molecule has 0 atom stereocenters. The minimum atomic E-state index is -0.0335. The third-order valence-corrected chi connectivity index (χ3v) is 3.09. The van der Waals surface area contributed by atoms with Crippen LogP contribution in [0, 0.1) is 6.92 Å². The highest BCUT2D eigenvalue weighted by Crippen LogP contribution is 2.19. The number of carbonyl (C=O) groups is 1. The zero-order valence-corrected chi connectivity index (χ0v) is 11.5. The number of anilines is 2. The Balaban J connectivity index is 2.53. The van der Waals surface area contributed by atoms with E-state index in [-0.39, 0.29) is 5.91 Å². The monoisotopic (exact) mass is 252 g/mol. The van der Waals surface area contributed by atoms with Crippen LogP contribution < -0.4 is 10.6 Å². The molecule has 1 rings (SSSR count). The second-order valence-electron chi connectivity index (χ2n) is 3.98. The molecule has 0 aliphatic heterocycles. The number of thioether (sulfide) groups is 1. The average molecular weight is 252 g/mol. The summed E-state index contributed by atoms with van der Waals surface area (Å²) >= 11 is 1.86. The molecule has 0 spiro atoms. The van der Waals surface area contributed by atoms with Gasteiger partial charge in [0.2, 0.25) is 5.91 Å². The molecule has 1 amide bonds. The second-order valence-corrected chi connectivity index (χ2v) is 4.97. The maximum Gasteiger partial charge on any atom is 0.221 e. The number of aryl methyl sites for hydroxylation is 1. The molecule has 0 saturated carbocycles. The van der Waals surface area contributed by atoms with Crippen molar-refractivity contribution in [3.8, 4) is 0 Å². The van der Waals surface area contributed by atoms with Gasteiger partial charge in [-0.1, -0.05) is 0 Å². The fourth-order valence-corrected chi connectivity index (χ4v) is 1.99. The third-order valence-electron chi connectivity index (χ3n) is 2.39. The maximum atomic E-state index is 11.0. The molecule has 0 unspecified atom stereocenters. The minimum Gasteiger partial charge on any atom is -0.385 e. The smallest absolute Gasteiger partial charge is 0.221 e. The molecular formula is C13H20N2OS. The SMILES string of the molecule is CSCCCNc1ccc(NC(C)=O)c(C)c1. The molecule has 0 bridgehead atoms. The molecular weight excluding hydrogens is 232 g/mol. The van der Waals surface area contributed by atoms with Crippen molar-refractivity contribution in [2.75, 3.05) is 29.2 Å². The van der Waals surface area contributed by atoms with Crippen LogP contribution in [0.3, 0.4) is 0 Å². The average Bonchev–Trinajstić information content (AvgIpc) is 2.27. The van der Waals surface area contributed by atoms with Crippen LogP contribution in [-0.2, 0) is 4.79 Å². The zero-order valence-electron chi connectivity index (χ0n) is 10.7. The zero-order chi connectivity index (χ0) is 12.7. The maximum absolute atomic E-state index is 11.0. The van der Waals surface area contributed by atoms with Crippen LogP contribution in [0.1, 0.15) is 18.9 Å². The fourth-order valence-electron chi connectivity index (χ4n) is 1.55. The molecule has 94 valence electrons. The largest absolute Gasteiger partial charge is 0.385 e. The van der Waals surface area contributed by atoms with Crippen LogP contribution in [0.25, 0.3) is 0 Å². The second kappa shape index (κ2) is 7.22. The van der Waals surface area contributed by atoms with Crippen molar-refractivity contribution in [2.24, 2.45) is 0 Å². The summed E-state index contributed by atoms with van der Waals surface area (Å²) < 4.78 is 0. The Kier molecular flexibility index (Phi) is 5.91. The molecule has 0 radical (unpaired) electrons. The van der Waals surface area contributed by atoms with Crippen LogP contribution in [0.2, 0.25) is 0 Å². The molecule has 0 saturated heterocycles. The van der Waals surface area contributed by atoms with Gasteiger partial charge in [-0.05, 0) is 49.1 Å². The number of nitrogens with one attached hydrogen (secondary N) is 2. The quantitative estimate of drug-likeness (QED) is 0.764. The van der Waals surface area contributed by atoms with Gasteiger partial charge in [-0.3, -0.25) is 4.79 Å². The number of hydrogen-bond donors (Lipinski definition) is 2. The highest BCUT2D eigenvalue weighted by Gasteiger charge is 2.01. The van der Waals surface area contributed by atoms with Crippen molar-refractivity contribution >= 4 is 29.0 Å². The standard InChI is InChI=1S/C13H20N2OS/c1-10-9-12(14-7-4-8-17-3)5-6-13(10)15-11(2)16/h5-6,9,14H,4,7-8H2,1-3H3,(H,15,16). The van der Waals surface area contributed by atoms with Crippen molar-refractivity contribution in [2.45, 2.75) is 20.3 Å². The van der Waals surface area contributed by atoms with Crippen molar-refractivity contribution < 1.29 is 4.79 Å². The number of rotatable bonds is 6. The first-order valence-corrected chi connectivity index (χ1v) is 7.14. The summed E-state index contributed by atoms with van der Waals surface area (Å²) in [5.41, 5.74) is 3.07. The first-order chi connectivity index (χ1) is 8.13. The van der Waals surface area contributed by atoms with Crippen molar-refractivity contribution in [3.05, 3.63) is 23.8 Å². The lowest BCUT2D eigenvalue weighted by Crippen LogP contribution is -2.08. The lowest BCUT2D eigenvalue weighted by molar-refractivity contribution is -0.114. The van der Waals surface area contributed by atoms with Crippen molar-refractivity contribution in [1.29, 1.82) is 0 Å². The van der Waals surface area contributed by atoms with E-state index in [4.69, 9.17) is 0 Å². The summed E-state index contributed by atoms with van der Waals surface area (Å²) in [4.78, 5) is 11.0. The first kappa shape index (κ1) is 13.9. The van der Waals surface area contributed by atoms with Gasteiger partial charge in [0.05, 0.1) is 0 Å². The Hall–Kier alpha value is -1.16. The van der Waals surface area contributed by atoms with E-state index in [0.29, 0.717) is 0 Å². The van der Waals surface area contributed by atoms with Crippen molar-refractivity contribution in [3.63, 3.8) is 0 Å². The Morgan fingerprint density at radius 1 is 1.41 bits per heavy atom. The van der Waals surface area contributed by atoms with Gasteiger partial charge in [-0.15, -0.1) is 0 Å². The van der Waals surface area contributed by atoms with Crippen LogP contribution in [0.4, 0.5) is 11.4 Å². The van der Waals surface area contributed by atoms with Gasteiger partial charge >= 0.3 is 0 Å². The van der Waals surface area contributed by atoms with E-state index in [0.717, 1.165) is 29.9 Å². The molecule has 17 heavy (non-hydrogen) atoms. The Labute approximate surface area is 107 Å². The molecule has 0 fully saturated rings. The van der Waals surface area contributed by atoms with E-state index in [2.05, 4.69) is 23.0 Å². The minimum absolute atomic E-state index is 0.0335. The Bertz CT molecular complexity index is 380. The van der Waals surface area contributed by atoms with Crippen LogP contribution in [-0.4, -0.2) is 24.5 Å². The molecule has 0 heterocycles. The molecule has 3 nitrogen and oxygen atoms in total.